The SMILES string of the molecule is CN1C(=O)[C@H]2[C@H]([C@@H]3C=C[C@H]2C3)N2C(=O)c3ccccc3[C@]12C. The first-order valence-corrected chi connectivity index (χ1v) is 7.94. The summed E-state index contributed by atoms with van der Waals surface area (Å²) in [7, 11) is 1.84. The summed E-state index contributed by atoms with van der Waals surface area (Å²) < 4.78 is 0. The molecule has 2 bridgehead atoms. The molecule has 0 N–H and O–H groups in total. The van der Waals surface area contributed by atoms with E-state index in [0.717, 1.165) is 17.5 Å². The Labute approximate surface area is 129 Å². The van der Waals surface area contributed by atoms with E-state index in [1.807, 2.05) is 43.1 Å². The third-order valence-electron chi connectivity index (χ3n) is 6.34. The van der Waals surface area contributed by atoms with Gasteiger partial charge in [0, 0.05) is 18.2 Å². The molecule has 5 atom stereocenters. The Morgan fingerprint density at radius 1 is 1.14 bits per heavy atom. The number of nitrogens with zero attached hydrogens (tertiary/aromatic N) is 2. The van der Waals surface area contributed by atoms with Crippen molar-refractivity contribution in [1.82, 2.24) is 9.80 Å². The molecule has 2 amide bonds. The summed E-state index contributed by atoms with van der Waals surface area (Å²) >= 11 is 0. The van der Waals surface area contributed by atoms with Crippen LogP contribution in [0, 0.1) is 17.8 Å². The number of hydrogen-bond acceptors (Lipinski definition) is 2. The van der Waals surface area contributed by atoms with E-state index in [2.05, 4.69) is 12.2 Å². The number of benzene rings is 1. The van der Waals surface area contributed by atoms with Crippen molar-refractivity contribution in [1.29, 1.82) is 0 Å². The zero-order chi connectivity index (χ0) is 15.2. The van der Waals surface area contributed by atoms with Gasteiger partial charge in [0.25, 0.3) is 5.91 Å². The average Bonchev–Trinajstić information content (AvgIpc) is 3.19. The van der Waals surface area contributed by atoms with Gasteiger partial charge in [-0.2, -0.15) is 0 Å². The minimum absolute atomic E-state index is 0.0172. The Morgan fingerprint density at radius 3 is 2.68 bits per heavy atom. The number of hydrogen-bond donors (Lipinski definition) is 0. The molecule has 22 heavy (non-hydrogen) atoms. The molecule has 2 heterocycles. The van der Waals surface area contributed by atoms with Gasteiger partial charge in [-0.3, -0.25) is 9.59 Å². The number of carbonyl (C=O) groups is 2. The van der Waals surface area contributed by atoms with Crippen molar-refractivity contribution < 1.29 is 9.59 Å². The Bertz CT molecular complexity index is 755. The number of amides is 2. The van der Waals surface area contributed by atoms with E-state index >= 15 is 0 Å². The van der Waals surface area contributed by atoms with Crippen molar-refractivity contribution in [2.75, 3.05) is 7.05 Å². The summed E-state index contributed by atoms with van der Waals surface area (Å²) in [4.78, 5) is 29.9. The van der Waals surface area contributed by atoms with E-state index in [1.165, 1.54) is 0 Å². The topological polar surface area (TPSA) is 40.6 Å². The van der Waals surface area contributed by atoms with Gasteiger partial charge in [0.05, 0.1) is 12.0 Å². The molecule has 0 spiro atoms. The zero-order valence-corrected chi connectivity index (χ0v) is 12.7. The minimum Gasteiger partial charge on any atom is -0.318 e. The molecule has 4 nitrogen and oxygen atoms in total. The number of allylic oxidation sites excluding steroid dienone is 1. The zero-order valence-electron chi connectivity index (χ0n) is 12.7. The van der Waals surface area contributed by atoms with E-state index in [1.54, 1.807) is 4.90 Å². The van der Waals surface area contributed by atoms with E-state index in [-0.39, 0.29) is 23.8 Å². The molecule has 1 saturated carbocycles. The van der Waals surface area contributed by atoms with Gasteiger partial charge in [0.1, 0.15) is 5.66 Å². The Kier molecular flexibility index (Phi) is 2.05. The third-order valence-corrected chi connectivity index (χ3v) is 6.34. The highest BCUT2D eigenvalue weighted by molar-refractivity contribution is 6.02. The van der Waals surface area contributed by atoms with E-state index < -0.39 is 5.66 Å². The first kappa shape index (κ1) is 12.4. The molecule has 1 aromatic rings. The highest BCUT2D eigenvalue weighted by atomic mass is 16.2. The first-order valence-electron chi connectivity index (χ1n) is 7.94. The summed E-state index contributed by atoms with van der Waals surface area (Å²) in [6.45, 7) is 2.01. The van der Waals surface area contributed by atoms with Gasteiger partial charge < -0.3 is 9.80 Å². The first-order chi connectivity index (χ1) is 10.5. The summed E-state index contributed by atoms with van der Waals surface area (Å²) in [5.41, 5.74) is 1.06. The van der Waals surface area contributed by atoms with Crippen LogP contribution in [0.2, 0.25) is 0 Å². The van der Waals surface area contributed by atoms with Crippen molar-refractivity contribution in [3.05, 3.63) is 47.5 Å². The van der Waals surface area contributed by atoms with Crippen molar-refractivity contribution in [2.45, 2.75) is 25.0 Å². The lowest BCUT2D eigenvalue weighted by Crippen LogP contribution is -2.67. The monoisotopic (exact) mass is 294 g/mol. The van der Waals surface area contributed by atoms with Gasteiger partial charge in [0.2, 0.25) is 5.91 Å². The molecule has 2 fully saturated rings. The second-order valence-corrected chi connectivity index (χ2v) is 7.10. The molecule has 1 saturated heterocycles. The molecule has 1 aromatic carbocycles. The van der Waals surface area contributed by atoms with E-state index in [4.69, 9.17) is 0 Å². The van der Waals surface area contributed by atoms with Gasteiger partial charge in [-0.25, -0.2) is 0 Å². The molecule has 2 aliphatic carbocycles. The van der Waals surface area contributed by atoms with Crippen LogP contribution in [-0.4, -0.2) is 34.7 Å². The second kappa shape index (κ2) is 3.62. The molecule has 112 valence electrons. The number of rotatable bonds is 0. The van der Waals surface area contributed by atoms with Crippen LogP contribution in [0.25, 0.3) is 0 Å². The molecular weight excluding hydrogens is 276 g/mol. The Balaban J connectivity index is 1.76. The Morgan fingerprint density at radius 2 is 1.86 bits per heavy atom. The van der Waals surface area contributed by atoms with Crippen LogP contribution in [0.15, 0.2) is 36.4 Å². The second-order valence-electron chi connectivity index (χ2n) is 7.10. The van der Waals surface area contributed by atoms with Crippen molar-refractivity contribution in [3.8, 4) is 0 Å². The van der Waals surface area contributed by atoms with Crippen molar-refractivity contribution in [3.63, 3.8) is 0 Å². The predicted molar refractivity (Wildman–Crippen MR) is 80.7 cm³/mol. The fourth-order valence-electron chi connectivity index (χ4n) is 5.22. The normalized spacial score (nSPS) is 41.0. The minimum atomic E-state index is -0.649. The molecule has 2 aliphatic heterocycles. The van der Waals surface area contributed by atoms with Gasteiger partial charge in [0.15, 0.2) is 0 Å². The van der Waals surface area contributed by atoms with Crippen molar-refractivity contribution >= 4 is 11.8 Å². The van der Waals surface area contributed by atoms with Gasteiger partial charge >= 0.3 is 0 Å². The van der Waals surface area contributed by atoms with E-state index in [9.17, 15) is 9.59 Å². The maximum atomic E-state index is 13.1. The molecule has 5 rings (SSSR count). The standard InChI is InChI=1S/C18H18N2O2/c1-18-13-6-4-3-5-12(13)16(21)20(18)15-11-8-7-10(9-11)14(15)17(22)19(18)2/h3-8,10-11,14-15H,9H2,1-2H3/t10-,11+,14+,15-,18+/m0/s1. The molecular formula is C18H18N2O2. The van der Waals surface area contributed by atoms with Gasteiger partial charge in [-0.1, -0.05) is 30.4 Å². The summed E-state index contributed by atoms with van der Waals surface area (Å²) in [6.07, 6.45) is 5.39. The third kappa shape index (κ3) is 1.11. The van der Waals surface area contributed by atoms with Crippen LogP contribution in [0.4, 0.5) is 0 Å². The number of carbonyl (C=O) groups excluding carboxylic acids is 2. The van der Waals surface area contributed by atoms with Crippen LogP contribution >= 0.6 is 0 Å². The van der Waals surface area contributed by atoms with Crippen LogP contribution in [0.1, 0.15) is 29.3 Å². The summed E-state index contributed by atoms with van der Waals surface area (Å²) in [5.74, 6) is 0.820. The van der Waals surface area contributed by atoms with Crippen LogP contribution in [0.3, 0.4) is 0 Å². The molecule has 0 unspecified atom stereocenters. The Hall–Kier alpha value is -2.10. The lowest BCUT2D eigenvalue weighted by Gasteiger charge is -2.54. The van der Waals surface area contributed by atoms with Gasteiger partial charge in [-0.15, -0.1) is 0 Å². The lowest BCUT2D eigenvalue weighted by molar-refractivity contribution is -0.164. The molecule has 0 radical (unpaired) electrons. The fourth-order valence-corrected chi connectivity index (χ4v) is 5.22. The molecule has 4 heteroatoms. The lowest BCUT2D eigenvalue weighted by atomic mass is 9.81. The summed E-state index contributed by atoms with van der Waals surface area (Å²) in [6, 6.07) is 7.74. The van der Waals surface area contributed by atoms with Crippen LogP contribution < -0.4 is 0 Å². The van der Waals surface area contributed by atoms with E-state index in [0.29, 0.717) is 11.8 Å². The summed E-state index contributed by atoms with van der Waals surface area (Å²) in [5, 5.41) is 0. The highest BCUT2D eigenvalue weighted by Gasteiger charge is 2.65. The van der Waals surface area contributed by atoms with Gasteiger partial charge in [-0.05, 0) is 31.2 Å². The number of fused-ring (bicyclic) bond motifs is 9. The maximum absolute atomic E-state index is 13.1. The fraction of sp³-hybridized carbons (Fsp3) is 0.444. The van der Waals surface area contributed by atoms with Crippen LogP contribution in [-0.2, 0) is 10.5 Å². The highest BCUT2D eigenvalue weighted by Crippen LogP contribution is 2.56. The average molecular weight is 294 g/mol. The predicted octanol–water partition coefficient (Wildman–Crippen LogP) is 1.98. The largest absolute Gasteiger partial charge is 0.318 e. The maximum Gasteiger partial charge on any atom is 0.256 e. The van der Waals surface area contributed by atoms with Crippen LogP contribution in [0.5, 0.6) is 0 Å². The molecule has 4 aliphatic rings. The smallest absolute Gasteiger partial charge is 0.256 e. The molecule has 0 aromatic heterocycles. The quantitative estimate of drug-likeness (QED) is 0.687. The van der Waals surface area contributed by atoms with Crippen molar-refractivity contribution in [2.24, 2.45) is 17.8 Å².